The van der Waals surface area contributed by atoms with Crippen LogP contribution in [-0.2, 0) is 16.0 Å². The molecule has 6 nitrogen and oxygen atoms in total. The van der Waals surface area contributed by atoms with Crippen molar-refractivity contribution in [1.82, 2.24) is 4.98 Å². The van der Waals surface area contributed by atoms with E-state index in [1.54, 1.807) is 18.2 Å². The SMILES string of the molecule is CS(=O)(=O)c1cc(Cl)cc(Oc2cccc(-c3cc(C(N)=O)nc4c(C(F)(F)F)cccc34)c2)c1. The fraction of sp³-hybridized carbons (Fsp3) is 0.0833. The number of halogens is 4. The summed E-state index contributed by atoms with van der Waals surface area (Å²) in [6.45, 7) is 0. The molecule has 0 radical (unpaired) electrons. The molecule has 0 fully saturated rings. The number of fused-ring (bicyclic) bond motifs is 1. The Balaban J connectivity index is 1.86. The molecule has 1 amide bonds. The number of sulfone groups is 1. The molecule has 11 heteroatoms. The van der Waals surface area contributed by atoms with Gasteiger partial charge in [0, 0.05) is 16.7 Å². The van der Waals surface area contributed by atoms with E-state index in [0.717, 1.165) is 12.3 Å². The molecule has 180 valence electrons. The van der Waals surface area contributed by atoms with Gasteiger partial charge in [0.1, 0.15) is 17.2 Å². The van der Waals surface area contributed by atoms with Crippen molar-refractivity contribution in [3.05, 3.63) is 83.0 Å². The number of nitrogens with zero attached hydrogens (tertiary/aromatic N) is 1. The Hall–Kier alpha value is -3.63. The number of rotatable bonds is 5. The Kier molecular flexibility index (Phi) is 6.20. The van der Waals surface area contributed by atoms with E-state index >= 15 is 0 Å². The molecule has 0 bridgehead atoms. The summed E-state index contributed by atoms with van der Waals surface area (Å²) in [5.74, 6) is -0.585. The third-order valence-corrected chi connectivity index (χ3v) is 6.36. The van der Waals surface area contributed by atoms with Gasteiger partial charge in [0.15, 0.2) is 9.84 Å². The molecule has 2 N–H and O–H groups in total. The van der Waals surface area contributed by atoms with Gasteiger partial charge in [-0.25, -0.2) is 13.4 Å². The highest BCUT2D eigenvalue weighted by molar-refractivity contribution is 7.90. The number of hydrogen-bond acceptors (Lipinski definition) is 5. The first kappa shape index (κ1) is 24.5. The van der Waals surface area contributed by atoms with Crippen molar-refractivity contribution in [2.24, 2.45) is 5.73 Å². The number of carbonyl (C=O) groups is 1. The maximum atomic E-state index is 13.6. The molecule has 0 atom stereocenters. The summed E-state index contributed by atoms with van der Waals surface area (Å²) in [6, 6.07) is 15.2. The highest BCUT2D eigenvalue weighted by Gasteiger charge is 2.34. The van der Waals surface area contributed by atoms with Crippen LogP contribution in [0.1, 0.15) is 16.1 Å². The zero-order chi connectivity index (χ0) is 25.5. The Morgan fingerprint density at radius 2 is 1.71 bits per heavy atom. The van der Waals surface area contributed by atoms with Crippen molar-refractivity contribution in [1.29, 1.82) is 0 Å². The number of primary amides is 1. The second-order valence-corrected chi connectivity index (χ2v) is 10.1. The van der Waals surface area contributed by atoms with Gasteiger partial charge in [-0.15, -0.1) is 0 Å². The molecule has 0 spiro atoms. The van der Waals surface area contributed by atoms with Gasteiger partial charge in [0.05, 0.1) is 16.0 Å². The van der Waals surface area contributed by atoms with Gasteiger partial charge in [-0.3, -0.25) is 4.79 Å². The number of alkyl halides is 3. The van der Waals surface area contributed by atoms with E-state index in [-0.39, 0.29) is 38.1 Å². The molecule has 1 heterocycles. The predicted molar refractivity (Wildman–Crippen MR) is 125 cm³/mol. The molecule has 1 aromatic heterocycles. The first-order valence-electron chi connectivity index (χ1n) is 9.92. The van der Waals surface area contributed by atoms with Crippen molar-refractivity contribution >= 4 is 38.2 Å². The number of benzene rings is 3. The molecule has 0 saturated heterocycles. The molecule has 4 rings (SSSR count). The summed E-state index contributed by atoms with van der Waals surface area (Å²) in [5.41, 5.74) is 4.29. The maximum absolute atomic E-state index is 13.6. The summed E-state index contributed by atoms with van der Waals surface area (Å²) in [5, 5.41) is 0.300. The van der Waals surface area contributed by atoms with Gasteiger partial charge in [-0.2, -0.15) is 13.2 Å². The van der Waals surface area contributed by atoms with Crippen LogP contribution in [0.5, 0.6) is 11.5 Å². The van der Waals surface area contributed by atoms with Crippen molar-refractivity contribution in [3.8, 4) is 22.6 Å². The molecule has 0 aliphatic rings. The van der Waals surface area contributed by atoms with Crippen LogP contribution < -0.4 is 10.5 Å². The minimum absolute atomic E-state index is 0.0398. The number of hydrogen-bond donors (Lipinski definition) is 1. The zero-order valence-electron chi connectivity index (χ0n) is 17.9. The lowest BCUT2D eigenvalue weighted by molar-refractivity contribution is -0.136. The Morgan fingerprint density at radius 1 is 1.00 bits per heavy atom. The van der Waals surface area contributed by atoms with Crippen molar-refractivity contribution in [2.45, 2.75) is 11.1 Å². The number of aromatic nitrogens is 1. The molecule has 4 aromatic rings. The smallest absolute Gasteiger partial charge is 0.418 e. The normalized spacial score (nSPS) is 12.0. The first-order valence-corrected chi connectivity index (χ1v) is 12.2. The Morgan fingerprint density at radius 3 is 2.37 bits per heavy atom. The summed E-state index contributed by atoms with van der Waals surface area (Å²) in [6.07, 6.45) is -3.67. The van der Waals surface area contributed by atoms with Gasteiger partial charge in [0.25, 0.3) is 5.91 Å². The van der Waals surface area contributed by atoms with E-state index in [9.17, 15) is 26.4 Å². The molecule has 0 unspecified atom stereocenters. The van der Waals surface area contributed by atoms with Gasteiger partial charge in [0.2, 0.25) is 0 Å². The highest BCUT2D eigenvalue weighted by Crippen LogP contribution is 2.38. The van der Waals surface area contributed by atoms with Crippen molar-refractivity contribution < 1.29 is 31.1 Å². The zero-order valence-corrected chi connectivity index (χ0v) is 19.5. The van der Waals surface area contributed by atoms with E-state index < -0.39 is 33.0 Å². The minimum atomic E-state index is -4.70. The third kappa shape index (κ3) is 5.23. The van der Waals surface area contributed by atoms with Crippen LogP contribution in [0.25, 0.3) is 22.0 Å². The molecular weight excluding hydrogens is 505 g/mol. The molecule has 0 aliphatic carbocycles. The topological polar surface area (TPSA) is 99.4 Å². The van der Waals surface area contributed by atoms with Crippen LogP contribution in [0, 0.1) is 0 Å². The average molecular weight is 521 g/mol. The Bertz CT molecular complexity index is 1590. The van der Waals surface area contributed by atoms with Crippen LogP contribution in [0.3, 0.4) is 0 Å². The number of carbonyl (C=O) groups excluding carboxylic acids is 1. The lowest BCUT2D eigenvalue weighted by Gasteiger charge is -2.14. The van der Waals surface area contributed by atoms with E-state index in [2.05, 4.69) is 4.98 Å². The van der Waals surface area contributed by atoms with Gasteiger partial charge in [-0.1, -0.05) is 35.9 Å². The maximum Gasteiger partial charge on any atom is 0.418 e. The number of nitrogens with two attached hydrogens (primary N) is 1. The standard InChI is InChI=1S/C24H16ClF3N2O4S/c1-35(32,33)17-10-14(25)9-16(11-17)34-15-5-2-4-13(8-15)19-12-21(23(29)31)30-22-18(19)6-3-7-20(22)24(26,27)28/h2-12H,1H3,(H2,29,31). The molecular formula is C24H16ClF3N2O4S. The molecule has 3 aromatic carbocycles. The Labute approximate surface area is 203 Å². The minimum Gasteiger partial charge on any atom is -0.457 e. The second kappa shape index (κ2) is 8.86. The van der Waals surface area contributed by atoms with Crippen molar-refractivity contribution in [3.63, 3.8) is 0 Å². The fourth-order valence-electron chi connectivity index (χ4n) is 3.52. The lowest BCUT2D eigenvalue weighted by Crippen LogP contribution is -2.15. The van der Waals surface area contributed by atoms with E-state index in [1.165, 1.54) is 42.5 Å². The first-order chi connectivity index (χ1) is 16.3. The fourth-order valence-corrected chi connectivity index (χ4v) is 4.48. The van der Waals surface area contributed by atoms with Gasteiger partial charge >= 0.3 is 6.18 Å². The number of ether oxygens (including phenoxy) is 1. The van der Waals surface area contributed by atoms with E-state index in [1.807, 2.05) is 0 Å². The number of amides is 1. The van der Waals surface area contributed by atoms with Crippen molar-refractivity contribution in [2.75, 3.05) is 6.26 Å². The van der Waals surface area contributed by atoms with Gasteiger partial charge < -0.3 is 10.5 Å². The highest BCUT2D eigenvalue weighted by atomic mass is 35.5. The van der Waals surface area contributed by atoms with Crippen LogP contribution >= 0.6 is 11.6 Å². The molecule has 0 aliphatic heterocycles. The largest absolute Gasteiger partial charge is 0.457 e. The summed E-state index contributed by atoms with van der Waals surface area (Å²) < 4.78 is 70.4. The monoisotopic (exact) mass is 520 g/mol. The van der Waals surface area contributed by atoms with Crippen LogP contribution in [-0.4, -0.2) is 25.6 Å². The summed E-state index contributed by atoms with van der Waals surface area (Å²) in [4.78, 5) is 15.7. The molecule has 35 heavy (non-hydrogen) atoms. The van der Waals surface area contributed by atoms with E-state index in [0.29, 0.717) is 5.56 Å². The second-order valence-electron chi connectivity index (χ2n) is 7.64. The predicted octanol–water partition coefficient (Wildman–Crippen LogP) is 5.87. The van der Waals surface area contributed by atoms with Crippen LogP contribution in [0.4, 0.5) is 13.2 Å². The quantitative estimate of drug-likeness (QED) is 0.355. The average Bonchev–Trinajstić information content (AvgIpc) is 2.76. The third-order valence-electron chi connectivity index (χ3n) is 5.05. The summed E-state index contributed by atoms with van der Waals surface area (Å²) in [7, 11) is -3.55. The molecule has 0 saturated carbocycles. The number of para-hydroxylation sites is 1. The van der Waals surface area contributed by atoms with Crippen LogP contribution in [0.15, 0.2) is 71.6 Å². The van der Waals surface area contributed by atoms with Gasteiger partial charge in [-0.05, 0) is 53.6 Å². The van der Waals surface area contributed by atoms with E-state index in [4.69, 9.17) is 22.1 Å². The lowest BCUT2D eigenvalue weighted by atomic mass is 9.97. The number of pyridine rings is 1. The van der Waals surface area contributed by atoms with Crippen LogP contribution in [0.2, 0.25) is 5.02 Å². The summed E-state index contributed by atoms with van der Waals surface area (Å²) >= 11 is 6.03.